The molecule has 25 heavy (non-hydrogen) atoms. The van der Waals surface area contributed by atoms with Crippen molar-refractivity contribution in [2.75, 3.05) is 0 Å². The van der Waals surface area contributed by atoms with Gasteiger partial charge in [-0.25, -0.2) is 0 Å². The van der Waals surface area contributed by atoms with Crippen LogP contribution in [0.15, 0.2) is 66.7 Å². The van der Waals surface area contributed by atoms with Crippen LogP contribution >= 0.6 is 11.3 Å². The van der Waals surface area contributed by atoms with Gasteiger partial charge in [-0.3, -0.25) is 0 Å². The zero-order valence-corrected chi connectivity index (χ0v) is 13.8. The maximum atomic E-state index is 10.1. The summed E-state index contributed by atoms with van der Waals surface area (Å²) in [5, 5.41) is 26.4. The Bertz CT molecular complexity index is 1220. The lowest BCUT2D eigenvalue weighted by atomic mass is 10.1. The molecule has 2 aromatic heterocycles. The Hall–Kier alpha value is -3.25. The zero-order chi connectivity index (χ0) is 16.8. The fourth-order valence-corrected chi connectivity index (χ4v) is 3.85. The summed E-state index contributed by atoms with van der Waals surface area (Å²) in [6.45, 7) is 0. The molecule has 5 nitrogen and oxygen atoms in total. The molecule has 6 heteroatoms. The first-order valence-electron chi connectivity index (χ1n) is 7.80. The number of benzene rings is 3. The van der Waals surface area contributed by atoms with Gasteiger partial charge in [-0.2, -0.15) is 9.61 Å². The number of para-hydroxylation sites is 1. The number of rotatable bonds is 2. The van der Waals surface area contributed by atoms with Gasteiger partial charge in [0.25, 0.3) is 0 Å². The zero-order valence-electron chi connectivity index (χ0n) is 13.0. The molecule has 5 rings (SSSR count). The Morgan fingerprint density at radius 1 is 0.800 bits per heavy atom. The van der Waals surface area contributed by atoms with Crippen molar-refractivity contribution in [3.05, 3.63) is 66.7 Å². The number of aromatic nitrogens is 4. The Kier molecular flexibility index (Phi) is 3.05. The van der Waals surface area contributed by atoms with Gasteiger partial charge in [-0.15, -0.1) is 10.2 Å². The quantitative estimate of drug-likeness (QED) is 0.516. The topological polar surface area (TPSA) is 63.3 Å². The predicted molar refractivity (Wildman–Crippen MR) is 98.7 cm³/mol. The smallest absolute Gasteiger partial charge is 0.235 e. The number of aromatic hydroxyl groups is 1. The van der Waals surface area contributed by atoms with E-state index in [4.69, 9.17) is 5.10 Å². The van der Waals surface area contributed by atoms with Gasteiger partial charge in [0.15, 0.2) is 5.82 Å². The summed E-state index contributed by atoms with van der Waals surface area (Å²) in [7, 11) is 0. The normalized spacial score (nSPS) is 11.4. The van der Waals surface area contributed by atoms with Crippen LogP contribution in [0, 0.1) is 0 Å². The second-order valence-corrected chi connectivity index (χ2v) is 6.63. The third-order valence-corrected chi connectivity index (χ3v) is 5.09. The second-order valence-electron chi connectivity index (χ2n) is 5.67. The van der Waals surface area contributed by atoms with E-state index < -0.39 is 0 Å². The van der Waals surface area contributed by atoms with E-state index in [0.717, 1.165) is 16.0 Å². The minimum absolute atomic E-state index is 0.163. The van der Waals surface area contributed by atoms with E-state index in [1.807, 2.05) is 30.3 Å². The Morgan fingerprint density at radius 3 is 2.48 bits per heavy atom. The van der Waals surface area contributed by atoms with Gasteiger partial charge in [0.2, 0.25) is 4.96 Å². The second kappa shape index (κ2) is 5.39. The van der Waals surface area contributed by atoms with Crippen LogP contribution in [0.5, 0.6) is 5.75 Å². The highest BCUT2D eigenvalue weighted by atomic mass is 32.1. The molecule has 2 heterocycles. The Labute approximate surface area is 146 Å². The molecule has 0 aliphatic rings. The van der Waals surface area contributed by atoms with Gasteiger partial charge in [0.05, 0.1) is 5.56 Å². The van der Waals surface area contributed by atoms with Crippen LogP contribution in [0.3, 0.4) is 0 Å². The van der Waals surface area contributed by atoms with Crippen LogP contribution in [0.1, 0.15) is 0 Å². The summed E-state index contributed by atoms with van der Waals surface area (Å²) in [6.07, 6.45) is 0. The summed E-state index contributed by atoms with van der Waals surface area (Å²) in [5.41, 5.74) is 1.68. The molecular weight excluding hydrogens is 332 g/mol. The fourth-order valence-electron chi connectivity index (χ4n) is 2.97. The molecule has 120 valence electrons. The van der Waals surface area contributed by atoms with E-state index >= 15 is 0 Å². The van der Waals surface area contributed by atoms with Gasteiger partial charge >= 0.3 is 0 Å². The average molecular weight is 344 g/mol. The molecule has 5 aromatic rings. The van der Waals surface area contributed by atoms with Gasteiger partial charge in [0.1, 0.15) is 10.8 Å². The third kappa shape index (κ3) is 2.19. The van der Waals surface area contributed by atoms with Crippen LogP contribution in [-0.4, -0.2) is 24.9 Å². The highest BCUT2D eigenvalue weighted by molar-refractivity contribution is 7.19. The van der Waals surface area contributed by atoms with Crippen LogP contribution < -0.4 is 0 Å². The Balaban J connectivity index is 1.73. The molecule has 0 saturated carbocycles. The molecule has 0 atom stereocenters. The van der Waals surface area contributed by atoms with Crippen molar-refractivity contribution < 1.29 is 5.11 Å². The van der Waals surface area contributed by atoms with Gasteiger partial charge < -0.3 is 5.11 Å². The van der Waals surface area contributed by atoms with Gasteiger partial charge in [0, 0.05) is 5.56 Å². The first kappa shape index (κ1) is 14.1. The molecule has 1 N–H and O–H groups in total. The van der Waals surface area contributed by atoms with Crippen LogP contribution in [-0.2, 0) is 0 Å². The monoisotopic (exact) mass is 344 g/mol. The maximum Gasteiger partial charge on any atom is 0.235 e. The third-order valence-electron chi connectivity index (χ3n) is 4.16. The van der Waals surface area contributed by atoms with E-state index in [0.29, 0.717) is 16.3 Å². The minimum Gasteiger partial charge on any atom is -0.507 e. The number of fused-ring (bicyclic) bond motifs is 2. The summed E-state index contributed by atoms with van der Waals surface area (Å²) in [4.78, 5) is 0.696. The van der Waals surface area contributed by atoms with E-state index in [1.54, 1.807) is 16.6 Å². The van der Waals surface area contributed by atoms with Crippen molar-refractivity contribution in [3.8, 4) is 27.7 Å². The van der Waals surface area contributed by atoms with E-state index in [-0.39, 0.29) is 5.75 Å². The van der Waals surface area contributed by atoms with E-state index in [9.17, 15) is 5.11 Å². The largest absolute Gasteiger partial charge is 0.507 e. The maximum absolute atomic E-state index is 10.1. The van der Waals surface area contributed by atoms with Crippen molar-refractivity contribution in [3.63, 3.8) is 0 Å². The summed E-state index contributed by atoms with van der Waals surface area (Å²) >= 11 is 1.48. The first-order chi connectivity index (χ1) is 12.3. The molecular formula is C19H12N4OS. The SMILES string of the molecule is Oc1ccccc1-c1nnc2sc(-c3cccc4ccccc34)nn12. The number of hydrogen-bond donors (Lipinski definition) is 1. The molecule has 0 unspecified atom stereocenters. The summed E-state index contributed by atoms with van der Waals surface area (Å²) in [5.74, 6) is 0.701. The standard InChI is InChI=1S/C19H12N4OS/c24-16-11-4-3-9-15(16)17-20-21-19-23(17)22-18(25-19)14-10-5-7-12-6-1-2-8-13(12)14/h1-11,24H. The highest BCUT2D eigenvalue weighted by Gasteiger charge is 2.17. The molecule has 0 amide bonds. The molecule has 0 fully saturated rings. The predicted octanol–water partition coefficient (Wildman–Crippen LogP) is 4.38. The van der Waals surface area contributed by atoms with Crippen molar-refractivity contribution in [1.29, 1.82) is 0 Å². The van der Waals surface area contributed by atoms with Crippen LogP contribution in [0.25, 0.3) is 37.7 Å². The molecule has 0 saturated heterocycles. The molecule has 0 aliphatic heterocycles. The van der Waals surface area contributed by atoms with E-state index in [2.05, 4.69) is 34.5 Å². The average Bonchev–Trinajstić information content (AvgIpc) is 3.22. The Morgan fingerprint density at radius 2 is 1.56 bits per heavy atom. The van der Waals surface area contributed by atoms with Crippen molar-refractivity contribution >= 4 is 27.1 Å². The molecule has 0 spiro atoms. The lowest BCUT2D eigenvalue weighted by molar-refractivity contribution is 0.476. The molecule has 3 aromatic carbocycles. The number of nitrogens with zero attached hydrogens (tertiary/aromatic N) is 4. The molecule has 0 aliphatic carbocycles. The lowest BCUT2D eigenvalue weighted by Crippen LogP contribution is -1.91. The number of phenols is 1. The number of hydrogen-bond acceptors (Lipinski definition) is 5. The van der Waals surface area contributed by atoms with Crippen LogP contribution in [0.4, 0.5) is 0 Å². The highest BCUT2D eigenvalue weighted by Crippen LogP contribution is 2.34. The number of phenolic OH excluding ortho intramolecular Hbond substituents is 1. The molecule has 0 radical (unpaired) electrons. The van der Waals surface area contributed by atoms with E-state index in [1.165, 1.54) is 16.7 Å². The van der Waals surface area contributed by atoms with Crippen LogP contribution in [0.2, 0.25) is 0 Å². The lowest BCUT2D eigenvalue weighted by Gasteiger charge is -2.03. The molecule has 0 bridgehead atoms. The summed E-state index contributed by atoms with van der Waals surface area (Å²) < 4.78 is 1.69. The van der Waals surface area contributed by atoms with Crippen molar-refractivity contribution in [2.24, 2.45) is 0 Å². The minimum atomic E-state index is 0.163. The van der Waals surface area contributed by atoms with Crippen molar-refractivity contribution in [1.82, 2.24) is 19.8 Å². The van der Waals surface area contributed by atoms with Crippen molar-refractivity contribution in [2.45, 2.75) is 0 Å². The van der Waals surface area contributed by atoms with Gasteiger partial charge in [-0.1, -0.05) is 65.9 Å². The summed E-state index contributed by atoms with van der Waals surface area (Å²) in [6, 6.07) is 21.5. The first-order valence-corrected chi connectivity index (χ1v) is 8.62. The fraction of sp³-hybridized carbons (Fsp3) is 0. The van der Waals surface area contributed by atoms with Gasteiger partial charge in [-0.05, 0) is 22.9 Å².